The molecule has 152 valence electrons. The first-order valence-electron chi connectivity index (χ1n) is 9.48. The molecule has 0 radical (unpaired) electrons. The van der Waals surface area contributed by atoms with Gasteiger partial charge in [-0.15, -0.1) is 23.5 Å². The summed E-state index contributed by atoms with van der Waals surface area (Å²) < 4.78 is 10.3. The van der Waals surface area contributed by atoms with Crippen LogP contribution < -0.4 is 0 Å². The molecular weight excluding hydrogens is 513 g/mol. The largest absolute Gasteiger partial charge is 0.299 e. The maximum absolute atomic E-state index is 12.6. The van der Waals surface area contributed by atoms with E-state index in [2.05, 4.69) is 24.7 Å². The molecule has 0 N–H and O–H groups in total. The Morgan fingerprint density at radius 1 is 0.724 bits per heavy atom. The molecule has 0 aromatic carbocycles. The van der Waals surface area contributed by atoms with Crippen LogP contribution in [-0.2, 0) is 4.79 Å². The quantitative estimate of drug-likeness (QED) is 0.324. The van der Waals surface area contributed by atoms with Gasteiger partial charge in [0.2, 0.25) is 0 Å². The van der Waals surface area contributed by atoms with Gasteiger partial charge in [-0.25, -0.2) is 0 Å². The SMILES string of the molecule is CSC1=C(SC)SC(=C2SC3=C(S2)SC(=C2CCC(=O)C4C5C=CC(C5)C24)S3)S1. The van der Waals surface area contributed by atoms with Crippen LogP contribution >= 0.6 is 94.1 Å². The number of Topliss-reactive ketones (excluding diaryl/α,β-unsaturated/α-hetero) is 1. The summed E-state index contributed by atoms with van der Waals surface area (Å²) in [5, 5.41) is 0. The molecule has 0 amide bonds. The van der Waals surface area contributed by atoms with E-state index in [4.69, 9.17) is 0 Å². The van der Waals surface area contributed by atoms with Crippen molar-refractivity contribution in [2.75, 3.05) is 12.5 Å². The Balaban J connectivity index is 1.21. The van der Waals surface area contributed by atoms with Crippen LogP contribution in [0.15, 0.2) is 47.4 Å². The fourth-order valence-corrected chi connectivity index (χ4v) is 16.8. The summed E-state index contributed by atoms with van der Waals surface area (Å²) in [6.45, 7) is 0. The lowest BCUT2D eigenvalue weighted by Gasteiger charge is -2.34. The van der Waals surface area contributed by atoms with Crippen molar-refractivity contribution in [1.82, 2.24) is 0 Å². The molecule has 3 aliphatic heterocycles. The highest BCUT2D eigenvalue weighted by atomic mass is 32.3. The van der Waals surface area contributed by atoms with Gasteiger partial charge in [0.25, 0.3) is 0 Å². The summed E-state index contributed by atoms with van der Waals surface area (Å²) >= 11 is 15.6. The van der Waals surface area contributed by atoms with Gasteiger partial charge in [-0.2, -0.15) is 0 Å². The number of hydrogen-bond acceptors (Lipinski definition) is 9. The Labute approximate surface area is 205 Å². The van der Waals surface area contributed by atoms with Crippen molar-refractivity contribution in [3.05, 3.63) is 47.4 Å². The molecule has 1 nitrogen and oxygen atoms in total. The number of rotatable bonds is 2. The zero-order valence-corrected chi connectivity index (χ0v) is 22.3. The highest BCUT2D eigenvalue weighted by Crippen LogP contribution is 2.72. The average molecular weight is 531 g/mol. The predicted molar refractivity (Wildman–Crippen MR) is 143 cm³/mol. The summed E-state index contributed by atoms with van der Waals surface area (Å²) in [5.41, 5.74) is 1.60. The number of allylic oxidation sites excluding steroid dienone is 3. The summed E-state index contributed by atoms with van der Waals surface area (Å²) in [7, 11) is 0. The van der Waals surface area contributed by atoms with Crippen molar-refractivity contribution in [3.63, 3.8) is 0 Å². The first kappa shape index (κ1) is 20.8. The maximum atomic E-state index is 12.6. The Kier molecular flexibility index (Phi) is 5.86. The fraction of sp³-hybridized carbons (Fsp3) is 0.450. The van der Waals surface area contributed by atoms with Crippen molar-refractivity contribution in [1.29, 1.82) is 0 Å². The number of thioether (sulfide) groups is 8. The second-order valence-electron chi connectivity index (χ2n) is 7.52. The molecule has 2 fully saturated rings. The molecule has 6 rings (SSSR count). The Morgan fingerprint density at radius 2 is 1.24 bits per heavy atom. The number of carbonyl (C=O) groups excluding carboxylic acids is 1. The third kappa shape index (κ3) is 3.44. The Bertz CT molecular complexity index is 931. The van der Waals surface area contributed by atoms with Gasteiger partial charge in [-0.1, -0.05) is 82.7 Å². The third-order valence-corrected chi connectivity index (χ3v) is 17.6. The van der Waals surface area contributed by atoms with E-state index in [1.165, 1.54) is 36.1 Å². The molecule has 0 aromatic heterocycles. The predicted octanol–water partition coefficient (Wildman–Crippen LogP) is 8.54. The van der Waals surface area contributed by atoms with Gasteiger partial charge in [0.05, 0.1) is 29.7 Å². The average Bonchev–Trinajstić information content (AvgIpc) is 3.51. The fourth-order valence-electron chi connectivity index (χ4n) is 4.97. The first-order valence-corrected chi connectivity index (χ1v) is 16.8. The minimum absolute atomic E-state index is 0.281. The normalized spacial score (nSPS) is 35.7. The van der Waals surface area contributed by atoms with Crippen LogP contribution in [0.25, 0.3) is 0 Å². The third-order valence-electron chi connectivity index (χ3n) is 6.12. The van der Waals surface area contributed by atoms with Gasteiger partial charge in [-0.3, -0.25) is 4.79 Å². The summed E-state index contributed by atoms with van der Waals surface area (Å²) in [4.78, 5) is 12.6. The minimum atomic E-state index is 0.281. The summed E-state index contributed by atoms with van der Waals surface area (Å²) in [6, 6.07) is 0. The lowest BCUT2D eigenvalue weighted by molar-refractivity contribution is -0.125. The molecule has 0 spiro atoms. The summed E-state index contributed by atoms with van der Waals surface area (Å²) in [6.07, 6.45) is 12.0. The van der Waals surface area contributed by atoms with Gasteiger partial charge in [0.15, 0.2) is 0 Å². The smallest absolute Gasteiger partial charge is 0.137 e. The van der Waals surface area contributed by atoms with Crippen LogP contribution in [0, 0.1) is 23.7 Å². The molecular formula is C20H18OS8. The van der Waals surface area contributed by atoms with Crippen molar-refractivity contribution in [2.45, 2.75) is 19.3 Å². The topological polar surface area (TPSA) is 17.1 Å². The molecule has 9 heteroatoms. The number of hydrogen-bond donors (Lipinski definition) is 0. The van der Waals surface area contributed by atoms with Gasteiger partial charge >= 0.3 is 0 Å². The van der Waals surface area contributed by atoms with E-state index in [0.717, 1.165) is 12.8 Å². The maximum Gasteiger partial charge on any atom is 0.137 e. The van der Waals surface area contributed by atoms with E-state index >= 15 is 0 Å². The minimum Gasteiger partial charge on any atom is -0.299 e. The molecule has 2 bridgehead atoms. The van der Waals surface area contributed by atoms with E-state index in [1.54, 1.807) is 5.57 Å². The monoisotopic (exact) mass is 530 g/mol. The van der Waals surface area contributed by atoms with Crippen molar-refractivity contribution in [3.8, 4) is 0 Å². The number of fused-ring (bicyclic) bond motifs is 5. The summed E-state index contributed by atoms with van der Waals surface area (Å²) in [5.74, 6) is 2.43. The van der Waals surface area contributed by atoms with Gasteiger partial charge in [-0.05, 0) is 48.7 Å². The standard InChI is InChI=1S/C20H18OS8/c1-22-15-16(23-2)27-19(26-15)20-28-17-18(29-20)25-14(24-17)10-5-6-11(21)13-9-4-3-8(7-9)12(10)13/h3-4,8-9,12-13H,5-7H2,1-2H3. The van der Waals surface area contributed by atoms with Crippen molar-refractivity contribution < 1.29 is 4.79 Å². The second-order valence-corrected chi connectivity index (χ2v) is 17.1. The molecule has 29 heavy (non-hydrogen) atoms. The van der Waals surface area contributed by atoms with Crippen LogP contribution in [0.2, 0.25) is 0 Å². The zero-order chi connectivity index (χ0) is 19.7. The van der Waals surface area contributed by atoms with Gasteiger partial charge in [0.1, 0.15) is 5.78 Å². The van der Waals surface area contributed by atoms with Crippen molar-refractivity contribution in [2.24, 2.45) is 23.7 Å². The molecule has 0 aromatic rings. The molecule has 6 aliphatic rings. The molecule has 2 saturated carbocycles. The van der Waals surface area contributed by atoms with Crippen LogP contribution in [0.5, 0.6) is 0 Å². The lowest BCUT2D eigenvalue weighted by atomic mass is 9.70. The van der Waals surface area contributed by atoms with Crippen LogP contribution in [0.1, 0.15) is 19.3 Å². The Hall–Kier alpha value is 1.17. The number of carbonyl (C=O) groups is 1. The number of ketones is 1. The van der Waals surface area contributed by atoms with Crippen LogP contribution in [-0.4, -0.2) is 18.3 Å². The van der Waals surface area contributed by atoms with E-state index < -0.39 is 0 Å². The molecule has 3 heterocycles. The van der Waals surface area contributed by atoms with E-state index in [0.29, 0.717) is 23.5 Å². The van der Waals surface area contributed by atoms with Gasteiger partial charge < -0.3 is 0 Å². The Morgan fingerprint density at radius 3 is 1.83 bits per heavy atom. The van der Waals surface area contributed by atoms with E-state index in [1.807, 2.05) is 94.1 Å². The molecule has 3 aliphatic carbocycles. The second kappa shape index (κ2) is 8.19. The van der Waals surface area contributed by atoms with Gasteiger partial charge in [0, 0.05) is 12.3 Å². The van der Waals surface area contributed by atoms with Crippen molar-refractivity contribution >= 4 is 99.9 Å². The first-order chi connectivity index (χ1) is 14.2. The molecule has 0 saturated heterocycles. The lowest BCUT2D eigenvalue weighted by Crippen LogP contribution is -2.33. The highest BCUT2D eigenvalue weighted by molar-refractivity contribution is 8.49. The van der Waals surface area contributed by atoms with E-state index in [-0.39, 0.29) is 5.92 Å². The highest BCUT2D eigenvalue weighted by Gasteiger charge is 2.52. The molecule has 4 unspecified atom stereocenters. The van der Waals surface area contributed by atoms with E-state index in [9.17, 15) is 4.79 Å². The molecule has 4 atom stereocenters. The van der Waals surface area contributed by atoms with Crippen LogP contribution in [0.3, 0.4) is 0 Å². The zero-order valence-electron chi connectivity index (χ0n) is 15.8. The van der Waals surface area contributed by atoms with Crippen LogP contribution in [0.4, 0.5) is 0 Å².